The van der Waals surface area contributed by atoms with Crippen molar-refractivity contribution in [2.45, 2.75) is 13.3 Å². The highest BCUT2D eigenvalue weighted by molar-refractivity contribution is 7.09. The van der Waals surface area contributed by atoms with E-state index in [0.29, 0.717) is 6.42 Å². The Hall–Kier alpha value is -1.48. The first-order valence-electron chi connectivity index (χ1n) is 4.73. The SMILES string of the molecule is Cc1ccccc1C(=O)Cc1cncs1. The van der Waals surface area contributed by atoms with E-state index in [9.17, 15) is 4.79 Å². The molecule has 1 aromatic heterocycles. The third-order valence-electron chi connectivity index (χ3n) is 2.26. The number of carbonyl (C=O) groups is 1. The Balaban J connectivity index is 2.19. The van der Waals surface area contributed by atoms with Crippen LogP contribution in [0.5, 0.6) is 0 Å². The Morgan fingerprint density at radius 1 is 1.40 bits per heavy atom. The van der Waals surface area contributed by atoms with Crippen molar-refractivity contribution >= 4 is 17.1 Å². The number of nitrogens with zero attached hydrogens (tertiary/aromatic N) is 1. The molecule has 3 heteroatoms. The largest absolute Gasteiger partial charge is 0.294 e. The predicted molar refractivity (Wildman–Crippen MR) is 61.3 cm³/mol. The molecule has 0 unspecified atom stereocenters. The highest BCUT2D eigenvalue weighted by atomic mass is 32.1. The van der Waals surface area contributed by atoms with Crippen LogP contribution in [-0.2, 0) is 6.42 Å². The molecule has 2 nitrogen and oxygen atoms in total. The van der Waals surface area contributed by atoms with E-state index in [4.69, 9.17) is 0 Å². The van der Waals surface area contributed by atoms with Gasteiger partial charge >= 0.3 is 0 Å². The van der Waals surface area contributed by atoms with Crippen LogP contribution >= 0.6 is 11.3 Å². The first kappa shape index (κ1) is 10.1. The number of Topliss-reactive ketones (excluding diaryl/α,β-unsaturated/α-hetero) is 1. The van der Waals surface area contributed by atoms with E-state index in [1.54, 1.807) is 11.7 Å². The summed E-state index contributed by atoms with van der Waals surface area (Å²) in [6.07, 6.45) is 2.20. The highest BCUT2D eigenvalue weighted by Crippen LogP contribution is 2.13. The molecule has 0 radical (unpaired) electrons. The lowest BCUT2D eigenvalue weighted by Gasteiger charge is -2.02. The number of hydrogen-bond acceptors (Lipinski definition) is 3. The van der Waals surface area contributed by atoms with Crippen molar-refractivity contribution in [3.63, 3.8) is 0 Å². The topological polar surface area (TPSA) is 30.0 Å². The lowest BCUT2D eigenvalue weighted by molar-refractivity contribution is 0.0993. The number of thiazole rings is 1. The van der Waals surface area contributed by atoms with Crippen LogP contribution in [0, 0.1) is 6.92 Å². The van der Waals surface area contributed by atoms with E-state index < -0.39 is 0 Å². The molecule has 0 fully saturated rings. The van der Waals surface area contributed by atoms with Crippen LogP contribution in [0.4, 0.5) is 0 Å². The molecule has 0 saturated heterocycles. The second-order valence-electron chi connectivity index (χ2n) is 3.38. The maximum absolute atomic E-state index is 11.9. The summed E-state index contributed by atoms with van der Waals surface area (Å²) in [6.45, 7) is 1.96. The first-order valence-corrected chi connectivity index (χ1v) is 5.61. The van der Waals surface area contributed by atoms with E-state index >= 15 is 0 Å². The van der Waals surface area contributed by atoms with Crippen LogP contribution < -0.4 is 0 Å². The zero-order chi connectivity index (χ0) is 10.7. The summed E-state index contributed by atoms with van der Waals surface area (Å²) in [4.78, 5) is 16.9. The van der Waals surface area contributed by atoms with Crippen molar-refractivity contribution in [3.8, 4) is 0 Å². The number of aryl methyl sites for hydroxylation is 1. The predicted octanol–water partition coefficient (Wildman–Crippen LogP) is 2.88. The van der Waals surface area contributed by atoms with Crippen molar-refractivity contribution in [2.24, 2.45) is 0 Å². The van der Waals surface area contributed by atoms with Crippen LogP contribution in [0.15, 0.2) is 36.0 Å². The maximum atomic E-state index is 11.9. The molecule has 0 aliphatic heterocycles. The van der Waals surface area contributed by atoms with Crippen LogP contribution in [0.1, 0.15) is 20.8 Å². The minimum absolute atomic E-state index is 0.164. The molecule has 1 heterocycles. The summed E-state index contributed by atoms with van der Waals surface area (Å²) in [6, 6.07) is 7.67. The average molecular weight is 217 g/mol. The molecule has 15 heavy (non-hydrogen) atoms. The number of ketones is 1. The van der Waals surface area contributed by atoms with E-state index in [2.05, 4.69) is 4.98 Å². The van der Waals surface area contributed by atoms with Crippen LogP contribution in [-0.4, -0.2) is 10.8 Å². The highest BCUT2D eigenvalue weighted by Gasteiger charge is 2.09. The second-order valence-corrected chi connectivity index (χ2v) is 4.35. The standard InChI is InChI=1S/C12H11NOS/c1-9-4-2-3-5-11(9)12(14)6-10-7-13-8-15-10/h2-5,7-8H,6H2,1H3. The molecule has 0 atom stereocenters. The second kappa shape index (κ2) is 4.36. The van der Waals surface area contributed by atoms with E-state index in [1.807, 2.05) is 31.2 Å². The smallest absolute Gasteiger partial charge is 0.168 e. The van der Waals surface area contributed by atoms with Gasteiger partial charge in [0.1, 0.15) is 0 Å². The quantitative estimate of drug-likeness (QED) is 0.740. The van der Waals surface area contributed by atoms with Gasteiger partial charge in [-0.1, -0.05) is 24.3 Å². The van der Waals surface area contributed by atoms with Gasteiger partial charge in [-0.3, -0.25) is 9.78 Å². The average Bonchev–Trinajstić information content (AvgIpc) is 2.71. The summed E-state index contributed by atoms with van der Waals surface area (Å²) >= 11 is 1.52. The Kier molecular flexibility index (Phi) is 2.92. The molecule has 2 aromatic rings. The van der Waals surface area contributed by atoms with Crippen molar-refractivity contribution in [2.75, 3.05) is 0 Å². The van der Waals surface area contributed by atoms with Gasteiger partial charge in [0.25, 0.3) is 0 Å². The molecule has 0 bridgehead atoms. The number of benzene rings is 1. The molecule has 0 aliphatic rings. The third-order valence-corrected chi connectivity index (χ3v) is 3.04. The molecule has 0 N–H and O–H groups in total. The van der Waals surface area contributed by atoms with E-state index in [-0.39, 0.29) is 5.78 Å². The molecule has 0 amide bonds. The summed E-state index contributed by atoms with van der Waals surface area (Å²) in [5.41, 5.74) is 3.60. The fourth-order valence-electron chi connectivity index (χ4n) is 1.47. The van der Waals surface area contributed by atoms with Gasteiger partial charge in [0.2, 0.25) is 0 Å². The third kappa shape index (κ3) is 2.30. The fraction of sp³-hybridized carbons (Fsp3) is 0.167. The van der Waals surface area contributed by atoms with Gasteiger partial charge in [0, 0.05) is 23.1 Å². The Morgan fingerprint density at radius 3 is 2.87 bits per heavy atom. The van der Waals surface area contributed by atoms with Gasteiger partial charge in [0.05, 0.1) is 5.51 Å². The van der Waals surface area contributed by atoms with Gasteiger partial charge in [0.15, 0.2) is 5.78 Å². The van der Waals surface area contributed by atoms with Crippen molar-refractivity contribution in [1.82, 2.24) is 4.98 Å². The van der Waals surface area contributed by atoms with Crippen molar-refractivity contribution in [1.29, 1.82) is 0 Å². The van der Waals surface area contributed by atoms with Crippen LogP contribution in [0.3, 0.4) is 0 Å². The lowest BCUT2D eigenvalue weighted by atomic mass is 10.0. The summed E-state index contributed by atoms with van der Waals surface area (Å²) in [7, 11) is 0. The minimum Gasteiger partial charge on any atom is -0.294 e. The molecular formula is C12H11NOS. The Labute approximate surface area is 92.6 Å². The van der Waals surface area contributed by atoms with Gasteiger partial charge in [-0.2, -0.15) is 0 Å². The zero-order valence-corrected chi connectivity index (χ0v) is 9.25. The zero-order valence-electron chi connectivity index (χ0n) is 8.43. The number of hydrogen-bond donors (Lipinski definition) is 0. The summed E-state index contributed by atoms with van der Waals surface area (Å²) < 4.78 is 0. The number of rotatable bonds is 3. The Morgan fingerprint density at radius 2 is 2.20 bits per heavy atom. The molecule has 0 saturated carbocycles. The summed E-state index contributed by atoms with van der Waals surface area (Å²) in [5, 5.41) is 0. The van der Waals surface area contributed by atoms with Crippen LogP contribution in [0.25, 0.3) is 0 Å². The molecular weight excluding hydrogens is 206 g/mol. The van der Waals surface area contributed by atoms with Gasteiger partial charge in [-0.25, -0.2) is 0 Å². The number of carbonyl (C=O) groups excluding carboxylic acids is 1. The monoisotopic (exact) mass is 217 g/mol. The molecule has 76 valence electrons. The van der Waals surface area contributed by atoms with E-state index in [1.165, 1.54) is 11.3 Å². The normalized spacial score (nSPS) is 10.2. The van der Waals surface area contributed by atoms with E-state index in [0.717, 1.165) is 16.0 Å². The van der Waals surface area contributed by atoms with Gasteiger partial charge < -0.3 is 0 Å². The fourth-order valence-corrected chi connectivity index (χ4v) is 2.06. The Bertz CT molecular complexity index is 462. The molecule has 0 spiro atoms. The van der Waals surface area contributed by atoms with Crippen molar-refractivity contribution in [3.05, 3.63) is 52.0 Å². The summed E-state index contributed by atoms with van der Waals surface area (Å²) in [5.74, 6) is 0.164. The first-order chi connectivity index (χ1) is 7.27. The molecule has 2 rings (SSSR count). The molecule has 0 aliphatic carbocycles. The van der Waals surface area contributed by atoms with Crippen molar-refractivity contribution < 1.29 is 4.79 Å². The lowest BCUT2D eigenvalue weighted by Crippen LogP contribution is -2.04. The van der Waals surface area contributed by atoms with Gasteiger partial charge in [-0.05, 0) is 12.5 Å². The molecule has 1 aromatic carbocycles. The van der Waals surface area contributed by atoms with Crippen LogP contribution in [0.2, 0.25) is 0 Å². The van der Waals surface area contributed by atoms with Gasteiger partial charge in [-0.15, -0.1) is 11.3 Å². The minimum atomic E-state index is 0.164. The maximum Gasteiger partial charge on any atom is 0.168 e. The number of aromatic nitrogens is 1.